The number of rotatable bonds is 3. The Labute approximate surface area is 81.7 Å². The van der Waals surface area contributed by atoms with E-state index in [9.17, 15) is 9.18 Å². The second-order valence-corrected chi connectivity index (χ2v) is 2.82. The van der Waals surface area contributed by atoms with Gasteiger partial charge >= 0.3 is 0 Å². The van der Waals surface area contributed by atoms with Crippen LogP contribution in [0, 0.1) is 5.95 Å². The Morgan fingerprint density at radius 3 is 3.07 bits per heavy atom. The Bertz CT molecular complexity index is 352. The fraction of sp³-hybridized carbons (Fsp3) is 0.200. The summed E-state index contributed by atoms with van der Waals surface area (Å²) in [5, 5.41) is 2.55. The Hall–Kier alpha value is -1.71. The van der Waals surface area contributed by atoms with Crippen molar-refractivity contribution in [3.05, 3.63) is 42.5 Å². The second kappa shape index (κ2) is 4.50. The van der Waals surface area contributed by atoms with Gasteiger partial charge in [0.05, 0.1) is 6.04 Å². The van der Waals surface area contributed by atoms with Gasteiger partial charge in [-0.1, -0.05) is 12.6 Å². The highest BCUT2D eigenvalue weighted by Crippen LogP contribution is 2.13. The smallest absolute Gasteiger partial charge is 0.243 e. The van der Waals surface area contributed by atoms with Gasteiger partial charge < -0.3 is 5.32 Å². The number of pyridine rings is 1. The van der Waals surface area contributed by atoms with Gasteiger partial charge in [0.2, 0.25) is 11.9 Å². The second-order valence-electron chi connectivity index (χ2n) is 2.82. The maximum atomic E-state index is 13.1. The number of halogens is 1. The van der Waals surface area contributed by atoms with Gasteiger partial charge in [-0.3, -0.25) is 4.79 Å². The van der Waals surface area contributed by atoms with E-state index in [1.807, 2.05) is 0 Å². The summed E-state index contributed by atoms with van der Waals surface area (Å²) in [6.45, 7) is 4.99. The van der Waals surface area contributed by atoms with Crippen molar-refractivity contribution in [2.45, 2.75) is 13.0 Å². The van der Waals surface area contributed by atoms with E-state index < -0.39 is 12.0 Å². The summed E-state index contributed by atoms with van der Waals surface area (Å²) in [4.78, 5) is 14.4. The van der Waals surface area contributed by atoms with Crippen molar-refractivity contribution in [1.82, 2.24) is 10.3 Å². The first-order chi connectivity index (χ1) is 6.65. The number of hydrogen-bond donors (Lipinski definition) is 1. The van der Waals surface area contributed by atoms with Gasteiger partial charge in [0.15, 0.2) is 0 Å². The SMILES string of the molecule is C=CC(=O)N[C@@H](C)c1cccnc1F. The van der Waals surface area contributed by atoms with Crippen molar-refractivity contribution in [3.63, 3.8) is 0 Å². The predicted molar refractivity (Wildman–Crippen MR) is 50.9 cm³/mol. The fourth-order valence-corrected chi connectivity index (χ4v) is 1.07. The molecule has 0 aliphatic carbocycles. The average molecular weight is 194 g/mol. The van der Waals surface area contributed by atoms with Gasteiger partial charge in [-0.25, -0.2) is 4.98 Å². The van der Waals surface area contributed by atoms with Gasteiger partial charge in [0.25, 0.3) is 0 Å². The zero-order chi connectivity index (χ0) is 10.6. The van der Waals surface area contributed by atoms with Crippen LogP contribution < -0.4 is 5.32 Å². The molecule has 14 heavy (non-hydrogen) atoms. The molecule has 0 fully saturated rings. The van der Waals surface area contributed by atoms with E-state index in [4.69, 9.17) is 0 Å². The van der Waals surface area contributed by atoms with Gasteiger partial charge in [-0.05, 0) is 19.1 Å². The molecule has 1 atom stereocenters. The summed E-state index contributed by atoms with van der Waals surface area (Å²) in [6.07, 6.45) is 2.51. The van der Waals surface area contributed by atoms with Crippen LogP contribution in [-0.4, -0.2) is 10.9 Å². The van der Waals surface area contributed by atoms with E-state index in [1.165, 1.54) is 6.20 Å². The lowest BCUT2D eigenvalue weighted by Crippen LogP contribution is -2.25. The summed E-state index contributed by atoms with van der Waals surface area (Å²) in [7, 11) is 0. The van der Waals surface area contributed by atoms with E-state index in [-0.39, 0.29) is 5.91 Å². The van der Waals surface area contributed by atoms with Crippen LogP contribution in [0.3, 0.4) is 0 Å². The molecule has 4 heteroatoms. The molecule has 1 amide bonds. The van der Waals surface area contributed by atoms with Crippen LogP contribution in [0.15, 0.2) is 31.0 Å². The van der Waals surface area contributed by atoms with Gasteiger partial charge in [0, 0.05) is 11.8 Å². The number of carbonyl (C=O) groups excluding carboxylic acids is 1. The van der Waals surface area contributed by atoms with Crippen molar-refractivity contribution in [3.8, 4) is 0 Å². The third-order valence-corrected chi connectivity index (χ3v) is 1.80. The number of hydrogen-bond acceptors (Lipinski definition) is 2. The normalized spacial score (nSPS) is 11.9. The molecule has 0 unspecified atom stereocenters. The maximum absolute atomic E-state index is 13.1. The molecule has 1 rings (SSSR count). The van der Waals surface area contributed by atoms with Crippen LogP contribution in [0.5, 0.6) is 0 Å². The number of amides is 1. The minimum absolute atomic E-state index is 0.333. The van der Waals surface area contributed by atoms with Gasteiger partial charge in [-0.2, -0.15) is 4.39 Å². The van der Waals surface area contributed by atoms with Gasteiger partial charge in [-0.15, -0.1) is 0 Å². The predicted octanol–water partition coefficient (Wildman–Crippen LogP) is 1.58. The number of carbonyl (C=O) groups is 1. The fourth-order valence-electron chi connectivity index (χ4n) is 1.07. The molecule has 1 N–H and O–H groups in total. The van der Waals surface area contributed by atoms with Crippen molar-refractivity contribution in [2.75, 3.05) is 0 Å². The van der Waals surface area contributed by atoms with Crippen molar-refractivity contribution in [1.29, 1.82) is 0 Å². The lowest BCUT2D eigenvalue weighted by Gasteiger charge is -2.12. The zero-order valence-corrected chi connectivity index (χ0v) is 7.83. The summed E-state index contributed by atoms with van der Waals surface area (Å²) in [6, 6.07) is 2.79. The van der Waals surface area contributed by atoms with Crippen LogP contribution in [0.1, 0.15) is 18.5 Å². The molecule has 3 nitrogen and oxygen atoms in total. The number of nitrogens with one attached hydrogen (secondary N) is 1. The highest BCUT2D eigenvalue weighted by atomic mass is 19.1. The van der Waals surface area contributed by atoms with Crippen molar-refractivity contribution >= 4 is 5.91 Å². The van der Waals surface area contributed by atoms with Crippen molar-refractivity contribution < 1.29 is 9.18 Å². The molecule has 0 saturated heterocycles. The van der Waals surface area contributed by atoms with E-state index >= 15 is 0 Å². The number of aromatic nitrogens is 1. The Morgan fingerprint density at radius 2 is 2.50 bits per heavy atom. The monoisotopic (exact) mass is 194 g/mol. The highest BCUT2D eigenvalue weighted by molar-refractivity contribution is 5.87. The maximum Gasteiger partial charge on any atom is 0.243 e. The topological polar surface area (TPSA) is 42.0 Å². The summed E-state index contributed by atoms with van der Waals surface area (Å²) in [5.74, 6) is -0.898. The molecule has 0 spiro atoms. The van der Waals surface area contributed by atoms with Gasteiger partial charge in [0.1, 0.15) is 0 Å². The Morgan fingerprint density at radius 1 is 1.79 bits per heavy atom. The average Bonchev–Trinajstić information content (AvgIpc) is 2.18. The Kier molecular flexibility index (Phi) is 3.34. The summed E-state index contributed by atoms with van der Waals surface area (Å²) in [5.41, 5.74) is 0.364. The van der Waals surface area contributed by atoms with Crippen LogP contribution in [-0.2, 0) is 4.79 Å². The van der Waals surface area contributed by atoms with E-state index in [1.54, 1.807) is 19.1 Å². The molecule has 0 aromatic carbocycles. The van der Waals surface area contributed by atoms with Crippen LogP contribution >= 0.6 is 0 Å². The first kappa shape index (κ1) is 10.4. The molecule has 1 aromatic heterocycles. The molecule has 0 aliphatic rings. The van der Waals surface area contributed by atoms with Crippen LogP contribution in [0.2, 0.25) is 0 Å². The Balaban J connectivity index is 2.79. The minimum Gasteiger partial charge on any atom is -0.346 e. The minimum atomic E-state index is -0.565. The molecule has 0 radical (unpaired) electrons. The molecular weight excluding hydrogens is 183 g/mol. The molecule has 0 bridgehead atoms. The molecule has 1 aromatic rings. The number of nitrogens with zero attached hydrogens (tertiary/aromatic N) is 1. The van der Waals surface area contributed by atoms with E-state index in [0.717, 1.165) is 6.08 Å². The lowest BCUT2D eigenvalue weighted by atomic mass is 10.1. The summed E-state index contributed by atoms with van der Waals surface area (Å²) >= 11 is 0. The largest absolute Gasteiger partial charge is 0.346 e. The molecule has 74 valence electrons. The standard InChI is InChI=1S/C10H11FN2O/c1-3-9(14)13-7(2)8-5-4-6-12-10(8)11/h3-7H,1H2,2H3,(H,13,14)/t7-/m0/s1. The third-order valence-electron chi connectivity index (χ3n) is 1.80. The lowest BCUT2D eigenvalue weighted by molar-refractivity contribution is -0.117. The van der Waals surface area contributed by atoms with Crippen LogP contribution in [0.4, 0.5) is 4.39 Å². The third kappa shape index (κ3) is 2.39. The van der Waals surface area contributed by atoms with E-state index in [0.29, 0.717) is 5.56 Å². The summed E-state index contributed by atoms with van der Waals surface area (Å²) < 4.78 is 13.1. The van der Waals surface area contributed by atoms with Crippen LogP contribution in [0.25, 0.3) is 0 Å². The molecule has 0 aliphatic heterocycles. The first-order valence-corrected chi connectivity index (χ1v) is 4.18. The zero-order valence-electron chi connectivity index (χ0n) is 7.83. The molecule has 1 heterocycles. The van der Waals surface area contributed by atoms with E-state index in [2.05, 4.69) is 16.9 Å². The molecular formula is C10H11FN2O. The molecule has 0 saturated carbocycles. The quantitative estimate of drug-likeness (QED) is 0.586. The first-order valence-electron chi connectivity index (χ1n) is 4.18. The highest BCUT2D eigenvalue weighted by Gasteiger charge is 2.11. The van der Waals surface area contributed by atoms with Crippen molar-refractivity contribution in [2.24, 2.45) is 0 Å².